The molecule has 0 aliphatic heterocycles. The molecule has 0 aromatic rings. The van der Waals surface area contributed by atoms with Gasteiger partial charge >= 0.3 is 0 Å². The Morgan fingerprint density at radius 3 is 2.21 bits per heavy atom. The van der Waals surface area contributed by atoms with E-state index in [1.54, 1.807) is 6.07 Å². The van der Waals surface area contributed by atoms with E-state index < -0.39 is 19.3 Å². The van der Waals surface area contributed by atoms with Crippen LogP contribution in [-0.2, 0) is 9.68 Å². The molecule has 0 rings (SSSR count). The van der Waals surface area contributed by atoms with E-state index in [0.29, 0.717) is 12.1 Å². The second-order valence-electron chi connectivity index (χ2n) is 8.12. The smallest absolute Gasteiger partial charge is 0.293 e. The minimum Gasteiger partial charge on any atom is -0.356 e. The van der Waals surface area contributed by atoms with Crippen LogP contribution in [0.3, 0.4) is 0 Å². The van der Waals surface area contributed by atoms with Crippen LogP contribution in [0.1, 0.15) is 47.0 Å². The maximum Gasteiger partial charge on any atom is 0.293 e. The summed E-state index contributed by atoms with van der Waals surface area (Å²) in [5.74, 6) is -0.146. The quantitative estimate of drug-likeness (QED) is 0.123. The summed E-state index contributed by atoms with van der Waals surface area (Å²) in [6.45, 7) is 18.8. The van der Waals surface area contributed by atoms with Crippen molar-refractivity contribution in [2.75, 3.05) is 6.54 Å². The Labute approximate surface area is 175 Å². The van der Waals surface area contributed by atoms with Gasteiger partial charge in [0, 0.05) is 28.0 Å². The standard InChI is InChI=1S/C17H31N5O3Si.C3H4/c1-14(2)26(5,6)11-7-10-20-15(23)8-9-16(3,12-18)21-22-17(4,13-19)25-24;1-3-2/h14,24H,7-11H2,1-6H3,(H,20,23);1-2H2. The number of rotatable bonds is 11. The molecule has 2 N–H and O–H groups in total. The van der Waals surface area contributed by atoms with Crippen molar-refractivity contribution in [2.45, 2.75) is 82.9 Å². The number of amides is 1. The molecule has 0 radical (unpaired) electrons. The Morgan fingerprint density at radius 2 is 1.79 bits per heavy atom. The molecule has 2 unspecified atom stereocenters. The van der Waals surface area contributed by atoms with Gasteiger partial charge in [-0.15, -0.1) is 10.8 Å². The number of hydrogen-bond donors (Lipinski definition) is 2. The van der Waals surface area contributed by atoms with Gasteiger partial charge < -0.3 is 5.32 Å². The van der Waals surface area contributed by atoms with Gasteiger partial charge in [-0.05, 0) is 19.8 Å². The lowest BCUT2D eigenvalue weighted by atomic mass is 9.99. The fraction of sp³-hybridized carbons (Fsp3) is 0.700. The van der Waals surface area contributed by atoms with Gasteiger partial charge in [0.05, 0.1) is 6.07 Å². The Kier molecular flexibility index (Phi) is 13.8. The van der Waals surface area contributed by atoms with Crippen LogP contribution in [-0.4, -0.2) is 37.0 Å². The second-order valence-corrected chi connectivity index (χ2v) is 13.8. The minimum absolute atomic E-state index is 0.122. The normalized spacial score (nSPS) is 15.1. The topological polar surface area (TPSA) is 131 Å². The van der Waals surface area contributed by atoms with E-state index in [-0.39, 0.29) is 18.7 Å². The summed E-state index contributed by atoms with van der Waals surface area (Å²) < 4.78 is 0. The SMILES string of the molecule is C=C=C.CC(C)[Si](C)(C)CCCNC(=O)CCC(C)(C#N)N=NC(C)(C#N)OO. The van der Waals surface area contributed by atoms with Crippen LogP contribution in [0.2, 0.25) is 24.7 Å². The molecular weight excluding hydrogens is 386 g/mol. The van der Waals surface area contributed by atoms with Crippen molar-refractivity contribution in [1.82, 2.24) is 5.32 Å². The summed E-state index contributed by atoms with van der Waals surface area (Å²) in [4.78, 5) is 15.9. The summed E-state index contributed by atoms with van der Waals surface area (Å²) in [6.07, 6.45) is 1.22. The third-order valence-electron chi connectivity index (χ3n) is 4.81. The zero-order valence-corrected chi connectivity index (χ0v) is 19.6. The molecule has 0 aliphatic carbocycles. The van der Waals surface area contributed by atoms with Crippen molar-refractivity contribution < 1.29 is 14.9 Å². The maximum atomic E-state index is 12.0. The molecule has 0 saturated carbocycles. The van der Waals surface area contributed by atoms with E-state index in [4.69, 9.17) is 10.5 Å². The highest BCUT2D eigenvalue weighted by Crippen LogP contribution is 2.25. The zero-order chi connectivity index (χ0) is 23.1. The van der Waals surface area contributed by atoms with Crippen LogP contribution in [0.5, 0.6) is 0 Å². The molecular formula is C20H35N5O3Si. The zero-order valence-electron chi connectivity index (χ0n) is 18.6. The fourth-order valence-corrected chi connectivity index (χ4v) is 3.57. The summed E-state index contributed by atoms with van der Waals surface area (Å²) in [5.41, 5.74) is -0.185. The van der Waals surface area contributed by atoms with Crippen LogP contribution in [0, 0.1) is 22.7 Å². The van der Waals surface area contributed by atoms with Crippen molar-refractivity contribution in [3.05, 3.63) is 18.9 Å². The Balaban J connectivity index is 0. The van der Waals surface area contributed by atoms with E-state index in [0.717, 1.165) is 12.5 Å². The van der Waals surface area contributed by atoms with Crippen molar-refractivity contribution in [1.29, 1.82) is 10.5 Å². The van der Waals surface area contributed by atoms with Crippen molar-refractivity contribution in [3.63, 3.8) is 0 Å². The first-order valence-electron chi connectivity index (χ1n) is 9.50. The van der Waals surface area contributed by atoms with Crippen molar-refractivity contribution in [3.8, 4) is 12.1 Å². The summed E-state index contributed by atoms with van der Waals surface area (Å²) in [5, 5.41) is 37.0. The molecule has 0 heterocycles. The fourth-order valence-electron chi connectivity index (χ4n) is 1.90. The lowest BCUT2D eigenvalue weighted by Crippen LogP contribution is -2.32. The lowest BCUT2D eigenvalue weighted by molar-refractivity contribution is -0.299. The van der Waals surface area contributed by atoms with Gasteiger partial charge in [-0.3, -0.25) is 4.79 Å². The molecule has 0 spiro atoms. The molecule has 0 bridgehead atoms. The predicted octanol–water partition coefficient (Wildman–Crippen LogP) is 4.81. The van der Waals surface area contributed by atoms with Gasteiger partial charge in [-0.2, -0.15) is 20.5 Å². The number of azo groups is 1. The molecule has 0 aromatic heterocycles. The van der Waals surface area contributed by atoms with E-state index in [2.05, 4.69) is 66.3 Å². The van der Waals surface area contributed by atoms with Gasteiger partial charge in [0.1, 0.15) is 6.07 Å². The molecule has 0 aromatic carbocycles. The molecule has 1 amide bonds. The third kappa shape index (κ3) is 12.7. The van der Waals surface area contributed by atoms with Gasteiger partial charge in [-0.1, -0.05) is 51.7 Å². The van der Waals surface area contributed by atoms with E-state index in [9.17, 15) is 10.1 Å². The number of nitriles is 2. The van der Waals surface area contributed by atoms with E-state index >= 15 is 0 Å². The lowest BCUT2D eigenvalue weighted by Gasteiger charge is -2.26. The number of carbonyl (C=O) groups excluding carboxylic acids is 1. The largest absolute Gasteiger partial charge is 0.356 e. The summed E-state index contributed by atoms with van der Waals surface area (Å²) >= 11 is 0. The van der Waals surface area contributed by atoms with E-state index in [1.165, 1.54) is 13.8 Å². The molecule has 0 fully saturated rings. The number of nitrogens with one attached hydrogen (secondary N) is 1. The Morgan fingerprint density at radius 1 is 1.24 bits per heavy atom. The highest BCUT2D eigenvalue weighted by atomic mass is 28.3. The molecule has 9 heteroatoms. The van der Waals surface area contributed by atoms with Crippen LogP contribution >= 0.6 is 0 Å². The minimum atomic E-state index is -1.87. The summed E-state index contributed by atoms with van der Waals surface area (Å²) in [6, 6.07) is 4.75. The van der Waals surface area contributed by atoms with Gasteiger partial charge in [0.2, 0.25) is 5.91 Å². The third-order valence-corrected chi connectivity index (χ3v) is 9.58. The maximum absolute atomic E-state index is 12.0. The Bertz CT molecular complexity index is 660. The molecule has 2 atom stereocenters. The van der Waals surface area contributed by atoms with Gasteiger partial charge in [0.15, 0.2) is 5.54 Å². The first-order valence-corrected chi connectivity index (χ1v) is 12.8. The molecule has 0 aliphatic rings. The number of carbonyl (C=O) groups is 1. The second kappa shape index (κ2) is 13.8. The van der Waals surface area contributed by atoms with Crippen LogP contribution < -0.4 is 5.32 Å². The first kappa shape index (κ1) is 28.9. The van der Waals surface area contributed by atoms with Gasteiger partial charge in [-0.25, -0.2) is 5.26 Å². The van der Waals surface area contributed by atoms with Crippen LogP contribution in [0.4, 0.5) is 0 Å². The molecule has 162 valence electrons. The van der Waals surface area contributed by atoms with E-state index in [1.807, 2.05) is 6.07 Å². The van der Waals surface area contributed by atoms with Crippen molar-refractivity contribution in [2.24, 2.45) is 10.2 Å². The van der Waals surface area contributed by atoms with Gasteiger partial charge in [0.25, 0.3) is 5.72 Å². The average molecular weight is 422 g/mol. The molecule has 8 nitrogen and oxygen atoms in total. The predicted molar refractivity (Wildman–Crippen MR) is 116 cm³/mol. The highest BCUT2D eigenvalue weighted by molar-refractivity contribution is 6.78. The van der Waals surface area contributed by atoms with Crippen molar-refractivity contribution >= 4 is 14.0 Å². The van der Waals surface area contributed by atoms with Crippen LogP contribution in [0.25, 0.3) is 0 Å². The number of nitrogens with zero attached hydrogens (tertiary/aromatic N) is 4. The molecule has 29 heavy (non-hydrogen) atoms. The average Bonchev–Trinajstić information content (AvgIpc) is 2.68. The Hall–Kier alpha value is -2.29. The monoisotopic (exact) mass is 421 g/mol. The first-order chi connectivity index (χ1) is 13.3. The summed E-state index contributed by atoms with van der Waals surface area (Å²) in [7, 11) is -1.22. The molecule has 0 saturated heterocycles. The highest BCUT2D eigenvalue weighted by Gasteiger charge is 2.30. The number of hydrogen-bond acceptors (Lipinski definition) is 7. The van der Waals surface area contributed by atoms with Crippen LogP contribution in [0.15, 0.2) is 29.1 Å².